The van der Waals surface area contributed by atoms with E-state index >= 15 is 0 Å². The van der Waals surface area contributed by atoms with E-state index < -0.39 is 0 Å². The summed E-state index contributed by atoms with van der Waals surface area (Å²) in [5, 5.41) is 18.9. The fourth-order valence-electron chi connectivity index (χ4n) is 2.82. The number of morpholine rings is 1. The molecule has 3 aromatic rings. The fraction of sp³-hybridized carbons (Fsp3) is 0.462. The molecule has 0 aliphatic carbocycles. The molecule has 8 nitrogen and oxygen atoms in total. The van der Waals surface area contributed by atoms with Crippen LogP contribution >= 0.6 is 11.3 Å². The highest BCUT2D eigenvalue weighted by atomic mass is 32.1. The zero-order chi connectivity index (χ0) is 15.1. The van der Waals surface area contributed by atoms with Crippen LogP contribution in [0.5, 0.6) is 5.88 Å². The number of fused-ring (bicyclic) bond motifs is 1. The van der Waals surface area contributed by atoms with Crippen LogP contribution < -0.4 is 0 Å². The Balaban J connectivity index is 1.81. The fourth-order valence-corrected chi connectivity index (χ4v) is 3.91. The van der Waals surface area contributed by atoms with Crippen molar-refractivity contribution in [3.8, 4) is 5.88 Å². The predicted molar refractivity (Wildman–Crippen MR) is 80.0 cm³/mol. The molecule has 4 rings (SSSR count). The van der Waals surface area contributed by atoms with E-state index in [0.717, 1.165) is 23.5 Å². The van der Waals surface area contributed by atoms with Gasteiger partial charge < -0.3 is 9.84 Å². The molecule has 1 saturated heterocycles. The van der Waals surface area contributed by atoms with Crippen LogP contribution in [0.25, 0.3) is 4.96 Å². The summed E-state index contributed by atoms with van der Waals surface area (Å²) in [6.45, 7) is 3.01. The van der Waals surface area contributed by atoms with Crippen LogP contribution in [0, 0.1) is 0 Å². The van der Waals surface area contributed by atoms with Gasteiger partial charge in [0.15, 0.2) is 0 Å². The first-order valence-electron chi connectivity index (χ1n) is 7.06. The Morgan fingerprint density at radius 2 is 2.14 bits per heavy atom. The minimum absolute atomic E-state index is 0.0638. The third-order valence-electron chi connectivity index (χ3n) is 3.84. The van der Waals surface area contributed by atoms with Crippen LogP contribution in [0.15, 0.2) is 18.7 Å². The molecule has 1 aliphatic rings. The van der Waals surface area contributed by atoms with Crippen molar-refractivity contribution in [2.75, 3.05) is 26.3 Å². The van der Waals surface area contributed by atoms with Gasteiger partial charge in [-0.25, -0.2) is 4.98 Å². The molecule has 0 aromatic carbocycles. The first kappa shape index (κ1) is 13.7. The molecule has 0 radical (unpaired) electrons. The van der Waals surface area contributed by atoms with Crippen molar-refractivity contribution in [2.24, 2.45) is 7.05 Å². The summed E-state index contributed by atoms with van der Waals surface area (Å²) in [4.78, 5) is 8.00. The van der Waals surface area contributed by atoms with Crippen LogP contribution in [0.4, 0.5) is 0 Å². The largest absolute Gasteiger partial charge is 0.492 e. The van der Waals surface area contributed by atoms with Crippen molar-refractivity contribution in [3.05, 3.63) is 29.2 Å². The van der Waals surface area contributed by atoms with Crippen molar-refractivity contribution in [2.45, 2.75) is 6.04 Å². The van der Waals surface area contributed by atoms with Crippen LogP contribution in [-0.4, -0.2) is 60.7 Å². The highest BCUT2D eigenvalue weighted by molar-refractivity contribution is 7.17. The average molecular weight is 320 g/mol. The second-order valence-corrected chi connectivity index (χ2v) is 6.25. The first-order chi connectivity index (χ1) is 10.7. The summed E-state index contributed by atoms with van der Waals surface area (Å²) in [5.74, 6) is 0.151. The standard InChI is InChI=1S/C13H16N6O2S/c1-17-7-9(6-15-17)10(18-2-4-21-5-3-18)11-12(20)19-13(22-11)14-8-16-19/h6-8,10,20H,2-5H2,1H3. The Morgan fingerprint density at radius 1 is 1.32 bits per heavy atom. The van der Waals surface area contributed by atoms with Crippen molar-refractivity contribution < 1.29 is 9.84 Å². The second kappa shape index (κ2) is 5.34. The molecule has 3 aromatic heterocycles. The quantitative estimate of drug-likeness (QED) is 0.763. The minimum Gasteiger partial charge on any atom is -0.492 e. The lowest BCUT2D eigenvalue weighted by molar-refractivity contribution is 0.0241. The molecule has 1 aliphatic heterocycles. The number of ether oxygens (including phenoxy) is 1. The molecule has 1 unspecified atom stereocenters. The zero-order valence-corrected chi connectivity index (χ0v) is 12.9. The van der Waals surface area contributed by atoms with E-state index in [1.54, 1.807) is 4.68 Å². The van der Waals surface area contributed by atoms with E-state index in [0.29, 0.717) is 18.2 Å². The van der Waals surface area contributed by atoms with Gasteiger partial charge in [-0.2, -0.15) is 14.7 Å². The summed E-state index contributed by atoms with van der Waals surface area (Å²) in [6, 6.07) is -0.0638. The number of rotatable bonds is 3. The molecular weight excluding hydrogens is 304 g/mol. The number of nitrogens with zero attached hydrogens (tertiary/aromatic N) is 6. The third-order valence-corrected chi connectivity index (χ3v) is 4.93. The summed E-state index contributed by atoms with van der Waals surface area (Å²) >= 11 is 1.46. The number of aryl methyl sites for hydroxylation is 1. The lowest BCUT2D eigenvalue weighted by atomic mass is 10.1. The van der Waals surface area contributed by atoms with E-state index in [4.69, 9.17) is 4.74 Å². The normalized spacial score (nSPS) is 18.0. The predicted octanol–water partition coefficient (Wildman–Crippen LogP) is 0.651. The van der Waals surface area contributed by atoms with Gasteiger partial charge in [0.05, 0.1) is 30.3 Å². The molecule has 0 saturated carbocycles. The molecule has 1 atom stereocenters. The number of aromatic hydroxyl groups is 1. The maximum atomic E-state index is 10.5. The molecule has 0 spiro atoms. The van der Waals surface area contributed by atoms with E-state index in [-0.39, 0.29) is 11.9 Å². The van der Waals surface area contributed by atoms with Gasteiger partial charge in [0.1, 0.15) is 6.33 Å². The highest BCUT2D eigenvalue weighted by Gasteiger charge is 2.31. The number of hydrogen-bond acceptors (Lipinski definition) is 7. The monoisotopic (exact) mass is 320 g/mol. The van der Waals surface area contributed by atoms with Gasteiger partial charge in [-0.05, 0) is 0 Å². The van der Waals surface area contributed by atoms with Crippen molar-refractivity contribution >= 4 is 16.3 Å². The molecule has 9 heteroatoms. The maximum absolute atomic E-state index is 10.5. The van der Waals surface area contributed by atoms with Gasteiger partial charge >= 0.3 is 0 Å². The molecule has 22 heavy (non-hydrogen) atoms. The van der Waals surface area contributed by atoms with Gasteiger partial charge in [-0.15, -0.1) is 0 Å². The second-order valence-electron chi connectivity index (χ2n) is 5.24. The van der Waals surface area contributed by atoms with E-state index in [1.165, 1.54) is 22.2 Å². The van der Waals surface area contributed by atoms with Gasteiger partial charge in [-0.1, -0.05) is 11.3 Å². The summed E-state index contributed by atoms with van der Waals surface area (Å²) in [5.41, 5.74) is 1.05. The number of thiazole rings is 1. The van der Waals surface area contributed by atoms with E-state index in [1.807, 2.05) is 19.4 Å². The Bertz CT molecular complexity index is 788. The van der Waals surface area contributed by atoms with Crippen LogP contribution in [0.2, 0.25) is 0 Å². The van der Waals surface area contributed by atoms with Gasteiger partial charge in [0.25, 0.3) is 0 Å². The minimum atomic E-state index is -0.0638. The molecule has 4 heterocycles. The summed E-state index contributed by atoms with van der Waals surface area (Å²) in [6.07, 6.45) is 5.27. The molecule has 1 N–H and O–H groups in total. The molecule has 0 amide bonds. The molecule has 1 fully saturated rings. The number of aromatic nitrogens is 5. The summed E-state index contributed by atoms with van der Waals surface area (Å²) in [7, 11) is 1.89. The highest BCUT2D eigenvalue weighted by Crippen LogP contribution is 2.39. The lowest BCUT2D eigenvalue weighted by Crippen LogP contribution is -2.39. The zero-order valence-electron chi connectivity index (χ0n) is 12.1. The SMILES string of the molecule is Cn1cc(C(c2sc3ncnn3c2O)N2CCOCC2)cn1. The smallest absolute Gasteiger partial charge is 0.230 e. The van der Waals surface area contributed by atoms with Crippen LogP contribution in [0.1, 0.15) is 16.5 Å². The van der Waals surface area contributed by atoms with E-state index in [9.17, 15) is 5.11 Å². The first-order valence-corrected chi connectivity index (χ1v) is 7.87. The van der Waals surface area contributed by atoms with Crippen molar-refractivity contribution in [3.63, 3.8) is 0 Å². The maximum Gasteiger partial charge on any atom is 0.230 e. The van der Waals surface area contributed by atoms with E-state index in [2.05, 4.69) is 20.1 Å². The Morgan fingerprint density at radius 3 is 2.82 bits per heavy atom. The third kappa shape index (κ3) is 2.18. The Labute approximate surface area is 130 Å². The van der Waals surface area contributed by atoms with Crippen molar-refractivity contribution in [1.82, 2.24) is 29.3 Å². The van der Waals surface area contributed by atoms with Crippen LogP contribution in [-0.2, 0) is 11.8 Å². The molecule has 0 bridgehead atoms. The molecular formula is C13H16N6O2S. The van der Waals surface area contributed by atoms with Crippen LogP contribution in [0.3, 0.4) is 0 Å². The van der Waals surface area contributed by atoms with Crippen molar-refractivity contribution in [1.29, 1.82) is 0 Å². The van der Waals surface area contributed by atoms with Gasteiger partial charge in [0.2, 0.25) is 10.8 Å². The topological polar surface area (TPSA) is 80.7 Å². The lowest BCUT2D eigenvalue weighted by Gasteiger charge is -2.33. The summed E-state index contributed by atoms with van der Waals surface area (Å²) < 4.78 is 8.70. The van der Waals surface area contributed by atoms with Gasteiger partial charge in [-0.3, -0.25) is 9.58 Å². The Kier molecular flexibility index (Phi) is 3.32. The molecule has 116 valence electrons. The van der Waals surface area contributed by atoms with Gasteiger partial charge in [0, 0.05) is 31.9 Å². The number of hydrogen-bond donors (Lipinski definition) is 1. The Hall–Kier alpha value is -1.97. The average Bonchev–Trinajstić information content (AvgIpc) is 3.22.